The van der Waals surface area contributed by atoms with Crippen molar-refractivity contribution >= 4 is 23.8 Å². The number of rotatable bonds is 5. The van der Waals surface area contributed by atoms with Crippen LogP contribution in [0.5, 0.6) is 0 Å². The van der Waals surface area contributed by atoms with Crippen LogP contribution in [-0.2, 0) is 19.1 Å². The SMILES string of the molecule is CC1CCCCC12NC(=O)N(CC(=O)OC(C(=O)N1CCCC1)c1ccccc1)C2=O. The van der Waals surface area contributed by atoms with E-state index in [-0.39, 0.29) is 17.7 Å². The van der Waals surface area contributed by atoms with Crippen molar-refractivity contribution in [2.24, 2.45) is 5.92 Å². The summed E-state index contributed by atoms with van der Waals surface area (Å²) in [5.74, 6) is -1.41. The lowest BCUT2D eigenvalue weighted by Crippen LogP contribution is -2.54. The molecule has 166 valence electrons. The Morgan fingerprint density at radius 2 is 1.84 bits per heavy atom. The number of hydrogen-bond donors (Lipinski definition) is 1. The third-order valence-electron chi connectivity index (χ3n) is 6.78. The molecule has 8 heteroatoms. The quantitative estimate of drug-likeness (QED) is 0.575. The molecule has 0 aromatic heterocycles. The Morgan fingerprint density at radius 3 is 2.52 bits per heavy atom. The number of carbonyl (C=O) groups excluding carboxylic acids is 4. The van der Waals surface area contributed by atoms with E-state index < -0.39 is 30.2 Å². The van der Waals surface area contributed by atoms with Gasteiger partial charge in [-0.3, -0.25) is 19.3 Å². The lowest BCUT2D eigenvalue weighted by Gasteiger charge is -2.36. The zero-order valence-electron chi connectivity index (χ0n) is 17.8. The molecule has 3 fully saturated rings. The van der Waals surface area contributed by atoms with Gasteiger partial charge in [-0.2, -0.15) is 0 Å². The molecule has 1 aliphatic carbocycles. The number of esters is 1. The van der Waals surface area contributed by atoms with Crippen molar-refractivity contribution in [1.29, 1.82) is 0 Å². The molecule has 8 nitrogen and oxygen atoms in total. The highest BCUT2D eigenvalue weighted by molar-refractivity contribution is 6.09. The molecule has 3 aliphatic rings. The van der Waals surface area contributed by atoms with Crippen LogP contribution in [-0.4, -0.2) is 58.8 Å². The van der Waals surface area contributed by atoms with Crippen LogP contribution in [0.25, 0.3) is 0 Å². The van der Waals surface area contributed by atoms with Crippen molar-refractivity contribution in [1.82, 2.24) is 15.1 Å². The Bertz CT molecular complexity index is 867. The first-order valence-corrected chi connectivity index (χ1v) is 11.1. The molecule has 1 aromatic carbocycles. The van der Waals surface area contributed by atoms with Crippen molar-refractivity contribution in [3.05, 3.63) is 35.9 Å². The van der Waals surface area contributed by atoms with Crippen LogP contribution in [0.15, 0.2) is 30.3 Å². The minimum atomic E-state index is -1.09. The summed E-state index contributed by atoms with van der Waals surface area (Å²) in [4.78, 5) is 54.1. The Hall–Kier alpha value is -2.90. The fourth-order valence-electron chi connectivity index (χ4n) is 4.93. The third kappa shape index (κ3) is 4.03. The van der Waals surface area contributed by atoms with Gasteiger partial charge in [-0.15, -0.1) is 0 Å². The first-order valence-electron chi connectivity index (χ1n) is 11.1. The van der Waals surface area contributed by atoms with E-state index in [9.17, 15) is 19.2 Å². The smallest absolute Gasteiger partial charge is 0.327 e. The Labute approximate surface area is 181 Å². The van der Waals surface area contributed by atoms with Crippen molar-refractivity contribution in [3.8, 4) is 0 Å². The number of benzene rings is 1. The molecule has 31 heavy (non-hydrogen) atoms. The fraction of sp³-hybridized carbons (Fsp3) is 0.565. The summed E-state index contributed by atoms with van der Waals surface area (Å²) in [6, 6.07) is 8.27. The highest BCUT2D eigenvalue weighted by Gasteiger charge is 2.55. The van der Waals surface area contributed by atoms with Crippen LogP contribution in [0.4, 0.5) is 4.79 Å². The van der Waals surface area contributed by atoms with Crippen LogP contribution in [0.1, 0.15) is 57.1 Å². The predicted molar refractivity (Wildman–Crippen MR) is 112 cm³/mol. The van der Waals surface area contributed by atoms with E-state index in [1.165, 1.54) is 0 Å². The summed E-state index contributed by atoms with van der Waals surface area (Å²) in [7, 11) is 0. The second-order valence-corrected chi connectivity index (χ2v) is 8.75. The van der Waals surface area contributed by atoms with Gasteiger partial charge in [-0.05, 0) is 31.6 Å². The van der Waals surface area contributed by atoms with Crippen molar-refractivity contribution in [2.45, 2.75) is 57.1 Å². The number of urea groups is 1. The minimum Gasteiger partial charge on any atom is -0.446 e. The first-order chi connectivity index (χ1) is 14.9. The van der Waals surface area contributed by atoms with E-state index >= 15 is 0 Å². The summed E-state index contributed by atoms with van der Waals surface area (Å²) in [5, 5.41) is 2.83. The van der Waals surface area contributed by atoms with Gasteiger partial charge in [0.25, 0.3) is 11.8 Å². The third-order valence-corrected chi connectivity index (χ3v) is 6.78. The Balaban J connectivity index is 1.48. The number of ether oxygens (including phenoxy) is 1. The van der Waals surface area contributed by atoms with Crippen LogP contribution in [0, 0.1) is 5.92 Å². The maximum Gasteiger partial charge on any atom is 0.327 e. The van der Waals surface area contributed by atoms with Crippen molar-refractivity contribution < 1.29 is 23.9 Å². The topological polar surface area (TPSA) is 96.0 Å². The molecule has 3 atom stereocenters. The zero-order chi connectivity index (χ0) is 22.0. The second kappa shape index (κ2) is 8.69. The second-order valence-electron chi connectivity index (χ2n) is 8.75. The molecule has 4 amide bonds. The molecule has 1 N–H and O–H groups in total. The average molecular weight is 428 g/mol. The van der Waals surface area contributed by atoms with E-state index in [4.69, 9.17) is 4.74 Å². The first kappa shape index (κ1) is 21.3. The average Bonchev–Trinajstić information content (AvgIpc) is 3.38. The normalized spacial score (nSPS) is 26.8. The molecule has 2 saturated heterocycles. The lowest BCUT2D eigenvalue weighted by molar-refractivity contribution is -0.162. The van der Waals surface area contributed by atoms with E-state index in [0.717, 1.165) is 37.0 Å². The summed E-state index contributed by atoms with van der Waals surface area (Å²) in [5.41, 5.74) is -0.359. The monoisotopic (exact) mass is 427 g/mol. The number of hydrogen-bond acceptors (Lipinski definition) is 5. The number of nitrogens with one attached hydrogen (secondary N) is 1. The highest BCUT2D eigenvalue weighted by Crippen LogP contribution is 2.38. The van der Waals surface area contributed by atoms with Gasteiger partial charge in [0.05, 0.1) is 0 Å². The molecule has 1 saturated carbocycles. The van der Waals surface area contributed by atoms with Gasteiger partial charge in [-0.1, -0.05) is 50.1 Å². The molecule has 1 spiro atoms. The number of nitrogens with zero attached hydrogens (tertiary/aromatic N) is 2. The van der Waals surface area contributed by atoms with E-state index in [0.29, 0.717) is 25.1 Å². The maximum atomic E-state index is 13.1. The van der Waals surface area contributed by atoms with Gasteiger partial charge in [-0.25, -0.2) is 4.79 Å². The summed E-state index contributed by atoms with van der Waals surface area (Å²) < 4.78 is 5.57. The predicted octanol–water partition coefficient (Wildman–Crippen LogP) is 2.39. The molecule has 0 radical (unpaired) electrons. The van der Waals surface area contributed by atoms with Gasteiger partial charge >= 0.3 is 12.0 Å². The number of likely N-dealkylation sites (tertiary alicyclic amines) is 1. The van der Waals surface area contributed by atoms with Crippen molar-refractivity contribution in [2.75, 3.05) is 19.6 Å². The van der Waals surface area contributed by atoms with Crippen LogP contribution < -0.4 is 5.32 Å². The fourth-order valence-corrected chi connectivity index (χ4v) is 4.93. The molecule has 0 bridgehead atoms. The molecule has 2 aliphatic heterocycles. The van der Waals surface area contributed by atoms with E-state index in [2.05, 4.69) is 5.32 Å². The van der Waals surface area contributed by atoms with Gasteiger partial charge in [0, 0.05) is 18.7 Å². The Kier molecular flexibility index (Phi) is 5.98. The van der Waals surface area contributed by atoms with E-state index in [1.54, 1.807) is 29.2 Å². The number of amides is 4. The molecule has 4 rings (SSSR count). The largest absolute Gasteiger partial charge is 0.446 e. The number of carbonyl (C=O) groups is 4. The standard InChI is InChI=1S/C23H29N3O5/c1-16-9-5-6-12-23(16)21(29)26(22(30)24-23)15-18(27)31-19(17-10-3-2-4-11-17)20(28)25-13-7-8-14-25/h2-4,10-11,16,19H,5-9,12-15H2,1H3,(H,24,30). The van der Waals surface area contributed by atoms with Gasteiger partial charge in [0.15, 0.2) is 0 Å². The van der Waals surface area contributed by atoms with Crippen LogP contribution >= 0.6 is 0 Å². The molecular formula is C23H29N3O5. The minimum absolute atomic E-state index is 0.00697. The van der Waals surface area contributed by atoms with Gasteiger partial charge in [0.1, 0.15) is 12.1 Å². The van der Waals surface area contributed by atoms with Crippen LogP contribution in [0.2, 0.25) is 0 Å². The summed E-state index contributed by atoms with van der Waals surface area (Å²) in [6.45, 7) is 2.72. The molecule has 2 heterocycles. The Morgan fingerprint density at radius 1 is 1.13 bits per heavy atom. The zero-order valence-corrected chi connectivity index (χ0v) is 17.8. The summed E-state index contributed by atoms with van der Waals surface area (Å²) >= 11 is 0. The van der Waals surface area contributed by atoms with E-state index in [1.807, 2.05) is 13.0 Å². The summed E-state index contributed by atoms with van der Waals surface area (Å²) in [6.07, 6.45) is 4.05. The lowest BCUT2D eigenvalue weighted by atomic mass is 9.73. The van der Waals surface area contributed by atoms with Gasteiger partial charge < -0.3 is 15.0 Å². The number of imide groups is 1. The van der Waals surface area contributed by atoms with Crippen LogP contribution in [0.3, 0.4) is 0 Å². The van der Waals surface area contributed by atoms with Gasteiger partial charge in [0.2, 0.25) is 6.10 Å². The molecule has 1 aromatic rings. The molecule has 3 unspecified atom stereocenters. The highest BCUT2D eigenvalue weighted by atomic mass is 16.5. The molecular weight excluding hydrogens is 398 g/mol. The maximum absolute atomic E-state index is 13.1. The van der Waals surface area contributed by atoms with Crippen molar-refractivity contribution in [3.63, 3.8) is 0 Å².